The minimum absolute atomic E-state index is 0.921. The first-order valence-electron chi connectivity index (χ1n) is 16.1. The molecule has 0 aliphatic rings. The Morgan fingerprint density at radius 3 is 1.85 bits per heavy atom. The molecule has 2 nitrogen and oxygen atoms in total. The van der Waals surface area contributed by atoms with E-state index in [0.717, 1.165) is 50.5 Å². The van der Waals surface area contributed by atoms with Crippen LogP contribution in [-0.2, 0) is 0 Å². The molecule has 0 unspecified atom stereocenters. The summed E-state index contributed by atoms with van der Waals surface area (Å²) in [5, 5.41) is 8.61. The van der Waals surface area contributed by atoms with Crippen LogP contribution in [0, 0.1) is 6.92 Å². The summed E-state index contributed by atoms with van der Waals surface area (Å²) < 4.78 is 6.31. The fourth-order valence-corrected chi connectivity index (χ4v) is 7.06. The number of nitrogens with zero attached hydrogens (tertiary/aromatic N) is 1. The van der Waals surface area contributed by atoms with Crippen LogP contribution in [0.1, 0.15) is 5.56 Å². The van der Waals surface area contributed by atoms with Crippen LogP contribution in [0.25, 0.3) is 65.7 Å². The third-order valence-electron chi connectivity index (χ3n) is 9.42. The van der Waals surface area contributed by atoms with Crippen LogP contribution >= 0.6 is 0 Å². The van der Waals surface area contributed by atoms with Crippen molar-refractivity contribution in [1.82, 2.24) is 0 Å². The molecule has 0 spiro atoms. The molecule has 1 aromatic heterocycles. The Hall–Kier alpha value is -6.12. The Bertz CT molecular complexity index is 2590. The van der Waals surface area contributed by atoms with Gasteiger partial charge >= 0.3 is 0 Å². The molecule has 9 rings (SSSR count). The maximum absolute atomic E-state index is 6.31. The summed E-state index contributed by atoms with van der Waals surface area (Å²) in [6.07, 6.45) is 0. The summed E-state index contributed by atoms with van der Waals surface area (Å²) in [4.78, 5) is 2.38. The summed E-state index contributed by atoms with van der Waals surface area (Å²) in [5.41, 5.74) is 8.87. The zero-order chi connectivity index (χ0) is 31.3. The van der Waals surface area contributed by atoms with Crippen molar-refractivity contribution in [2.24, 2.45) is 0 Å². The lowest BCUT2D eigenvalue weighted by Gasteiger charge is -2.27. The third kappa shape index (κ3) is 4.65. The van der Waals surface area contributed by atoms with Crippen LogP contribution in [0.3, 0.4) is 0 Å². The van der Waals surface area contributed by atoms with Crippen molar-refractivity contribution in [3.05, 3.63) is 175 Å². The van der Waals surface area contributed by atoms with Gasteiger partial charge in [-0.1, -0.05) is 127 Å². The zero-order valence-electron chi connectivity index (χ0n) is 26.0. The van der Waals surface area contributed by atoms with Crippen LogP contribution in [0.2, 0.25) is 0 Å². The smallest absolute Gasteiger partial charge is 0.138 e. The number of rotatable bonds is 5. The molecule has 0 radical (unpaired) electrons. The number of benzene rings is 8. The molecule has 0 N–H and O–H groups in total. The number of furan rings is 1. The maximum Gasteiger partial charge on any atom is 0.138 e. The molecule has 47 heavy (non-hydrogen) atoms. The molecule has 0 saturated heterocycles. The van der Waals surface area contributed by atoms with Gasteiger partial charge in [-0.25, -0.2) is 0 Å². The molecule has 0 atom stereocenters. The molecule has 8 aromatic carbocycles. The number of para-hydroxylation sites is 1. The van der Waals surface area contributed by atoms with Crippen LogP contribution in [-0.4, -0.2) is 0 Å². The van der Waals surface area contributed by atoms with Crippen molar-refractivity contribution in [1.29, 1.82) is 0 Å². The molecular formula is C45H31NO. The second-order valence-electron chi connectivity index (χ2n) is 12.2. The lowest BCUT2D eigenvalue weighted by Crippen LogP contribution is -2.10. The number of fused-ring (bicyclic) bond motifs is 5. The molecule has 0 bridgehead atoms. The Morgan fingerprint density at radius 1 is 0.404 bits per heavy atom. The first kappa shape index (κ1) is 27.2. The topological polar surface area (TPSA) is 16.4 Å². The van der Waals surface area contributed by atoms with E-state index in [4.69, 9.17) is 4.42 Å². The zero-order valence-corrected chi connectivity index (χ0v) is 26.0. The Kier molecular flexibility index (Phi) is 6.39. The molecule has 0 aliphatic heterocycles. The highest BCUT2D eigenvalue weighted by atomic mass is 16.3. The van der Waals surface area contributed by atoms with Gasteiger partial charge in [-0.15, -0.1) is 0 Å². The van der Waals surface area contributed by atoms with Gasteiger partial charge in [-0.2, -0.15) is 0 Å². The van der Waals surface area contributed by atoms with Crippen LogP contribution in [0.15, 0.2) is 174 Å². The Labute approximate surface area is 273 Å². The second kappa shape index (κ2) is 11.0. The molecule has 2 heteroatoms. The van der Waals surface area contributed by atoms with E-state index in [1.165, 1.54) is 37.9 Å². The van der Waals surface area contributed by atoms with Crippen LogP contribution in [0.4, 0.5) is 17.1 Å². The maximum atomic E-state index is 6.31. The second-order valence-corrected chi connectivity index (χ2v) is 12.2. The highest BCUT2D eigenvalue weighted by molar-refractivity contribution is 6.09. The fraction of sp³-hybridized carbons (Fsp3) is 0.0222. The van der Waals surface area contributed by atoms with E-state index < -0.39 is 0 Å². The number of anilines is 3. The van der Waals surface area contributed by atoms with Gasteiger partial charge in [-0.05, 0) is 87.4 Å². The summed E-state index contributed by atoms with van der Waals surface area (Å²) in [7, 11) is 0. The Balaban J connectivity index is 1.15. The van der Waals surface area contributed by atoms with E-state index in [-0.39, 0.29) is 0 Å². The van der Waals surface area contributed by atoms with Gasteiger partial charge in [0, 0.05) is 33.3 Å². The van der Waals surface area contributed by atoms with Gasteiger partial charge < -0.3 is 9.32 Å². The molecule has 1 heterocycles. The summed E-state index contributed by atoms with van der Waals surface area (Å²) in [6.45, 7) is 2.14. The molecule has 9 aromatic rings. The number of hydrogen-bond acceptors (Lipinski definition) is 2. The standard InChI is InChI=1S/C45H31NO/c1-30-39-15-6-7-19-44(39)47-45(30)36-14-8-13-34(28-36)31-22-24-37(25-23-31)46(43-18-9-12-32-10-3-5-17-42(32)43)38-26-27-41-35(29-38)21-20-33-11-2-4-16-40(33)41/h2-29H,1H3. The lowest BCUT2D eigenvalue weighted by molar-refractivity contribution is 0.629. The summed E-state index contributed by atoms with van der Waals surface area (Å²) in [6, 6.07) is 60.9. The minimum Gasteiger partial charge on any atom is -0.456 e. The van der Waals surface area contributed by atoms with Crippen molar-refractivity contribution >= 4 is 60.3 Å². The van der Waals surface area contributed by atoms with Gasteiger partial charge in [0.15, 0.2) is 0 Å². The summed E-state index contributed by atoms with van der Waals surface area (Å²) in [5.74, 6) is 0.927. The number of aryl methyl sites for hydroxylation is 1. The van der Waals surface area contributed by atoms with Crippen molar-refractivity contribution in [3.8, 4) is 22.5 Å². The van der Waals surface area contributed by atoms with Gasteiger partial charge in [0.25, 0.3) is 0 Å². The normalized spacial score (nSPS) is 11.5. The molecule has 0 fully saturated rings. The molecular weight excluding hydrogens is 571 g/mol. The molecule has 0 amide bonds. The molecule has 0 aliphatic carbocycles. The van der Waals surface area contributed by atoms with Gasteiger partial charge in [0.1, 0.15) is 11.3 Å². The monoisotopic (exact) mass is 601 g/mol. The quantitative estimate of drug-likeness (QED) is 0.182. The van der Waals surface area contributed by atoms with Crippen molar-refractivity contribution in [2.45, 2.75) is 6.92 Å². The Morgan fingerprint density at radius 2 is 1.02 bits per heavy atom. The SMILES string of the molecule is Cc1c(-c2cccc(-c3ccc(N(c4ccc5c(ccc6ccccc65)c4)c4cccc5ccccc45)cc3)c2)oc2ccccc12. The van der Waals surface area contributed by atoms with Gasteiger partial charge in [0.2, 0.25) is 0 Å². The number of hydrogen-bond donors (Lipinski definition) is 0. The van der Waals surface area contributed by atoms with Crippen molar-refractivity contribution in [3.63, 3.8) is 0 Å². The van der Waals surface area contributed by atoms with Crippen molar-refractivity contribution in [2.75, 3.05) is 4.90 Å². The predicted molar refractivity (Wildman–Crippen MR) is 199 cm³/mol. The summed E-state index contributed by atoms with van der Waals surface area (Å²) >= 11 is 0. The highest BCUT2D eigenvalue weighted by Crippen LogP contribution is 2.41. The van der Waals surface area contributed by atoms with Gasteiger partial charge in [0.05, 0.1) is 5.69 Å². The molecule has 0 saturated carbocycles. The minimum atomic E-state index is 0.921. The fourth-order valence-electron chi connectivity index (χ4n) is 7.06. The first-order chi connectivity index (χ1) is 23.2. The van der Waals surface area contributed by atoms with E-state index in [1.54, 1.807) is 0 Å². The first-order valence-corrected chi connectivity index (χ1v) is 16.1. The van der Waals surface area contributed by atoms with Crippen LogP contribution < -0.4 is 4.90 Å². The molecule has 222 valence electrons. The average Bonchev–Trinajstić information content (AvgIpc) is 3.48. The largest absolute Gasteiger partial charge is 0.456 e. The third-order valence-corrected chi connectivity index (χ3v) is 9.42. The van der Waals surface area contributed by atoms with Gasteiger partial charge in [-0.3, -0.25) is 0 Å². The van der Waals surface area contributed by atoms with E-state index in [0.29, 0.717) is 0 Å². The van der Waals surface area contributed by atoms with E-state index in [2.05, 4.69) is 170 Å². The van der Waals surface area contributed by atoms with E-state index in [1.807, 2.05) is 12.1 Å². The van der Waals surface area contributed by atoms with Crippen molar-refractivity contribution < 1.29 is 4.42 Å². The van der Waals surface area contributed by atoms with E-state index >= 15 is 0 Å². The highest BCUT2D eigenvalue weighted by Gasteiger charge is 2.17. The predicted octanol–water partition coefficient (Wildman–Crippen LogP) is 13.0. The lowest BCUT2D eigenvalue weighted by atomic mass is 9.99. The average molecular weight is 602 g/mol. The van der Waals surface area contributed by atoms with E-state index in [9.17, 15) is 0 Å². The van der Waals surface area contributed by atoms with Crippen LogP contribution in [0.5, 0.6) is 0 Å².